The second-order valence-electron chi connectivity index (χ2n) is 22.4. The normalized spacial score (nSPS) is 13.3. The molecule has 0 aromatic heterocycles. The number of rotatable bonds is 9. The van der Waals surface area contributed by atoms with E-state index in [9.17, 15) is 15.8 Å². The molecular formula is C75H53N7. The Bertz CT molecular complexity index is 4450. The van der Waals surface area contributed by atoms with Crippen LogP contribution in [-0.2, 0) is 10.8 Å². The van der Waals surface area contributed by atoms with Gasteiger partial charge < -0.3 is 19.6 Å². The summed E-state index contributed by atoms with van der Waals surface area (Å²) in [5, 5.41) is 36.7. The molecule has 0 spiro atoms. The van der Waals surface area contributed by atoms with Gasteiger partial charge in [-0.05, 0) is 178 Å². The number of nitrogens with zero attached hydrogens (tertiary/aromatic N) is 7. The van der Waals surface area contributed by atoms with Crippen molar-refractivity contribution in [2.45, 2.75) is 38.5 Å². The maximum atomic E-state index is 10.1. The van der Waals surface area contributed by atoms with E-state index in [1.165, 1.54) is 11.1 Å². The predicted octanol–water partition coefficient (Wildman–Crippen LogP) is 19.9. The third-order valence-corrected chi connectivity index (χ3v) is 17.0. The average Bonchev–Trinajstić information content (AvgIpc) is 3.30. The van der Waals surface area contributed by atoms with Gasteiger partial charge in [0.15, 0.2) is 0 Å². The van der Waals surface area contributed by atoms with Gasteiger partial charge in [0.25, 0.3) is 0 Å². The number of fused-ring (bicyclic) bond motifs is 7. The Labute approximate surface area is 477 Å². The van der Waals surface area contributed by atoms with Gasteiger partial charge in [-0.3, -0.25) is 0 Å². The second kappa shape index (κ2) is 19.2. The molecule has 2 aliphatic rings. The number of hydrogen-bond acceptors (Lipinski definition) is 7. The third-order valence-electron chi connectivity index (χ3n) is 17.0. The minimum Gasteiger partial charge on any atom is -0.310 e. The second-order valence-corrected chi connectivity index (χ2v) is 22.4. The molecule has 2 aliphatic heterocycles. The lowest BCUT2D eigenvalue weighted by molar-refractivity contribution is 0.597. The van der Waals surface area contributed by atoms with Crippen LogP contribution in [0.3, 0.4) is 0 Å². The Morgan fingerprint density at radius 1 is 0.305 bits per heavy atom. The fourth-order valence-corrected chi connectivity index (χ4v) is 12.9. The first-order chi connectivity index (χ1) is 40.0. The van der Waals surface area contributed by atoms with Gasteiger partial charge in [0, 0.05) is 61.1 Å². The molecule has 0 N–H and O–H groups in total. The van der Waals surface area contributed by atoms with E-state index in [2.05, 4.69) is 254 Å². The quantitative estimate of drug-likeness (QED) is 0.142. The number of anilines is 12. The van der Waals surface area contributed by atoms with Crippen LogP contribution in [-0.4, -0.2) is 0 Å². The van der Waals surface area contributed by atoms with Crippen LogP contribution in [0.4, 0.5) is 68.2 Å². The van der Waals surface area contributed by atoms with Crippen molar-refractivity contribution in [1.82, 2.24) is 0 Å². The van der Waals surface area contributed by atoms with Crippen molar-refractivity contribution < 1.29 is 0 Å². The molecule has 0 saturated heterocycles. The van der Waals surface area contributed by atoms with E-state index < -0.39 is 10.8 Å². The van der Waals surface area contributed by atoms with Crippen LogP contribution in [0.25, 0.3) is 32.3 Å². The van der Waals surface area contributed by atoms with Crippen molar-refractivity contribution in [3.05, 3.63) is 288 Å². The van der Waals surface area contributed by atoms with E-state index >= 15 is 0 Å². The Kier molecular flexibility index (Phi) is 11.5. The highest BCUT2D eigenvalue weighted by Crippen LogP contribution is 2.63. The van der Waals surface area contributed by atoms with Crippen molar-refractivity contribution in [1.29, 1.82) is 15.8 Å². The van der Waals surface area contributed by atoms with E-state index in [-0.39, 0.29) is 0 Å². The van der Waals surface area contributed by atoms with E-state index in [0.29, 0.717) is 16.7 Å². The van der Waals surface area contributed by atoms with Crippen molar-refractivity contribution in [2.24, 2.45) is 0 Å². The molecule has 7 heteroatoms. The van der Waals surface area contributed by atoms with Crippen LogP contribution in [0.2, 0.25) is 0 Å². The lowest BCUT2D eigenvalue weighted by Crippen LogP contribution is -2.38. The van der Waals surface area contributed by atoms with Gasteiger partial charge in [-0.15, -0.1) is 0 Å². The Morgan fingerprint density at radius 3 is 0.939 bits per heavy atom. The highest BCUT2D eigenvalue weighted by atomic mass is 15.2. The van der Waals surface area contributed by atoms with Gasteiger partial charge in [0.05, 0.1) is 69.0 Å². The van der Waals surface area contributed by atoms with Crippen LogP contribution in [0.5, 0.6) is 0 Å². The van der Waals surface area contributed by atoms with E-state index in [1.807, 2.05) is 60.7 Å². The van der Waals surface area contributed by atoms with Crippen LogP contribution >= 0.6 is 0 Å². The molecule has 2 heterocycles. The summed E-state index contributed by atoms with van der Waals surface area (Å²) < 4.78 is 0. The molecule has 0 radical (unpaired) electrons. The van der Waals surface area contributed by atoms with Crippen molar-refractivity contribution in [3.8, 4) is 18.2 Å². The Morgan fingerprint density at radius 2 is 0.598 bits per heavy atom. The van der Waals surface area contributed by atoms with Crippen LogP contribution in [0, 0.1) is 34.0 Å². The maximum absolute atomic E-state index is 10.1. The van der Waals surface area contributed by atoms with Gasteiger partial charge in [-0.2, -0.15) is 15.8 Å². The third kappa shape index (κ3) is 7.84. The molecule has 7 nitrogen and oxygen atoms in total. The van der Waals surface area contributed by atoms with E-state index in [0.717, 1.165) is 112 Å². The van der Waals surface area contributed by atoms with Gasteiger partial charge >= 0.3 is 0 Å². The predicted molar refractivity (Wildman–Crippen MR) is 336 cm³/mol. The van der Waals surface area contributed by atoms with Gasteiger partial charge in [0.2, 0.25) is 0 Å². The van der Waals surface area contributed by atoms with Crippen LogP contribution in [0.1, 0.15) is 66.6 Å². The minimum atomic E-state index is -0.569. The molecule has 0 bridgehead atoms. The zero-order valence-electron chi connectivity index (χ0n) is 45.8. The fraction of sp³-hybridized carbons (Fsp3) is 0.0800. The number of hydrogen-bond donors (Lipinski definition) is 0. The Balaban J connectivity index is 1.04. The monoisotopic (exact) mass is 1050 g/mol. The largest absolute Gasteiger partial charge is 0.310 e. The lowest BCUT2D eigenvalue weighted by atomic mass is 9.66. The first-order valence-electron chi connectivity index (χ1n) is 27.7. The SMILES string of the molecule is CC1(C)c2cc(N(c3ccc(C#N)cc3)c3cccc4ccccc34)ccc2N2c3ccc(N(c4ccc(C#N)cc4)c4cccc5ccccc45)cc3C(C)(C)c3cc(N(c4ccc(C#N)cc4)c4cccc5ccccc45)cc1c32. The molecule has 12 aromatic rings. The number of nitriles is 3. The summed E-state index contributed by atoms with van der Waals surface area (Å²) in [6.07, 6.45) is 0. The molecule has 0 unspecified atom stereocenters. The molecule has 0 atom stereocenters. The summed E-state index contributed by atoms with van der Waals surface area (Å²) in [5.41, 5.74) is 17.6. The summed E-state index contributed by atoms with van der Waals surface area (Å²) in [6.45, 7) is 9.47. The lowest BCUT2D eigenvalue weighted by Gasteiger charge is -2.50. The highest BCUT2D eigenvalue weighted by molar-refractivity contribution is 6.04. The zero-order valence-corrected chi connectivity index (χ0v) is 45.8. The maximum Gasteiger partial charge on any atom is 0.0991 e. The van der Waals surface area contributed by atoms with E-state index in [4.69, 9.17) is 0 Å². The molecule has 388 valence electrons. The molecule has 0 saturated carbocycles. The van der Waals surface area contributed by atoms with Crippen molar-refractivity contribution >= 4 is 101 Å². The Hall–Kier alpha value is -10.9. The smallest absolute Gasteiger partial charge is 0.0991 e. The zero-order chi connectivity index (χ0) is 55.9. The summed E-state index contributed by atoms with van der Waals surface area (Å²) in [4.78, 5) is 9.54. The first-order valence-corrected chi connectivity index (χ1v) is 27.7. The molecule has 0 aliphatic carbocycles. The van der Waals surface area contributed by atoms with Gasteiger partial charge in [-0.25, -0.2) is 0 Å². The van der Waals surface area contributed by atoms with E-state index in [1.54, 1.807) is 0 Å². The summed E-state index contributed by atoms with van der Waals surface area (Å²) >= 11 is 0. The average molecular weight is 1050 g/mol. The molecular weight excluding hydrogens is 999 g/mol. The van der Waals surface area contributed by atoms with Gasteiger partial charge in [0.1, 0.15) is 0 Å². The fourth-order valence-electron chi connectivity index (χ4n) is 12.9. The first kappa shape index (κ1) is 49.4. The van der Waals surface area contributed by atoms with Crippen molar-refractivity contribution in [3.63, 3.8) is 0 Å². The molecule has 0 amide bonds. The number of benzene rings is 12. The molecule has 82 heavy (non-hydrogen) atoms. The topological polar surface area (TPSA) is 84.3 Å². The van der Waals surface area contributed by atoms with Crippen LogP contribution < -0.4 is 19.6 Å². The standard InChI is InChI=1S/C75H53N7/c1-74(2)64-42-58(79(55-32-26-49(46-76)27-33-55)68-23-11-17-52-14-5-8-20-61(52)68)38-40-71(64)82-72-41-39-59(80(56-34-28-50(47-77)29-35-56)69-24-12-18-53-15-6-9-21-62(53)69)43-65(72)75(3,4)67-45-60(44-66(74)73(67)82)81(57-36-30-51(48-78)31-37-57)70-25-13-19-54-16-7-10-22-63(54)70/h5-45H,1-4H3. The highest BCUT2D eigenvalue weighted by Gasteiger charge is 2.47. The molecule has 0 fully saturated rings. The summed E-state index contributed by atoms with van der Waals surface area (Å²) in [6, 6.07) is 94.4. The van der Waals surface area contributed by atoms with Crippen molar-refractivity contribution in [2.75, 3.05) is 19.6 Å². The van der Waals surface area contributed by atoms with Gasteiger partial charge in [-0.1, -0.05) is 137 Å². The molecule has 12 aromatic carbocycles. The molecule has 14 rings (SSSR count). The summed E-state index contributed by atoms with van der Waals surface area (Å²) in [7, 11) is 0. The van der Waals surface area contributed by atoms with Crippen LogP contribution in [0.15, 0.2) is 249 Å². The summed E-state index contributed by atoms with van der Waals surface area (Å²) in [5.74, 6) is 0. The minimum absolute atomic E-state index is 0.569.